The molecule has 1 aromatic carbocycles. The third-order valence-corrected chi connectivity index (χ3v) is 2.54. The van der Waals surface area contributed by atoms with Crippen LogP contribution in [0, 0.1) is 0 Å². The van der Waals surface area contributed by atoms with Crippen LogP contribution in [-0.2, 0) is 0 Å². The number of benzene rings is 1. The van der Waals surface area contributed by atoms with E-state index in [1.807, 2.05) is 6.07 Å². The summed E-state index contributed by atoms with van der Waals surface area (Å²) in [7, 11) is 1.62. The summed E-state index contributed by atoms with van der Waals surface area (Å²) in [5.74, 6) is 0.740. The maximum atomic E-state index is 5.91. The molecule has 16 heavy (non-hydrogen) atoms. The van der Waals surface area contributed by atoms with Crippen molar-refractivity contribution < 1.29 is 4.74 Å². The van der Waals surface area contributed by atoms with Crippen LogP contribution in [0.15, 0.2) is 36.7 Å². The average molecular weight is 235 g/mol. The molecule has 0 saturated carbocycles. The predicted molar refractivity (Wildman–Crippen MR) is 65.6 cm³/mol. The van der Waals surface area contributed by atoms with Gasteiger partial charge in [-0.1, -0.05) is 17.7 Å². The fourth-order valence-electron chi connectivity index (χ4n) is 1.54. The highest BCUT2D eigenvalue weighted by Crippen LogP contribution is 2.33. The number of rotatable bonds is 2. The number of anilines is 1. The zero-order valence-electron chi connectivity index (χ0n) is 8.77. The van der Waals surface area contributed by atoms with Crippen molar-refractivity contribution in [3.8, 4) is 16.9 Å². The van der Waals surface area contributed by atoms with Gasteiger partial charge in [-0.25, -0.2) is 0 Å². The Hall–Kier alpha value is -1.74. The largest absolute Gasteiger partial charge is 0.496 e. The second-order valence-corrected chi connectivity index (χ2v) is 3.74. The predicted octanol–water partition coefficient (Wildman–Crippen LogP) is 2.99. The van der Waals surface area contributed by atoms with Crippen molar-refractivity contribution in [1.29, 1.82) is 0 Å². The van der Waals surface area contributed by atoms with Gasteiger partial charge in [-0.15, -0.1) is 0 Å². The van der Waals surface area contributed by atoms with Crippen molar-refractivity contribution in [2.24, 2.45) is 0 Å². The molecule has 4 heteroatoms. The Labute approximate surface area is 98.8 Å². The summed E-state index contributed by atoms with van der Waals surface area (Å²) in [6, 6.07) is 7.16. The van der Waals surface area contributed by atoms with Crippen LogP contribution in [0.2, 0.25) is 5.02 Å². The molecule has 0 aliphatic rings. The van der Waals surface area contributed by atoms with Crippen LogP contribution in [0.25, 0.3) is 11.1 Å². The lowest BCUT2D eigenvalue weighted by Crippen LogP contribution is -1.93. The van der Waals surface area contributed by atoms with Crippen molar-refractivity contribution >= 4 is 17.3 Å². The lowest BCUT2D eigenvalue weighted by atomic mass is 10.1. The number of methoxy groups -OCH3 is 1. The monoisotopic (exact) mass is 234 g/mol. The molecule has 2 rings (SSSR count). The van der Waals surface area contributed by atoms with Gasteiger partial charge in [-0.2, -0.15) is 0 Å². The molecule has 0 bridgehead atoms. The van der Waals surface area contributed by atoms with Crippen LogP contribution in [0.4, 0.5) is 5.69 Å². The number of pyridine rings is 1. The van der Waals surface area contributed by atoms with E-state index in [1.54, 1.807) is 37.7 Å². The maximum Gasteiger partial charge on any atom is 0.129 e. The zero-order chi connectivity index (χ0) is 11.5. The Bertz CT molecular complexity index is 514. The summed E-state index contributed by atoms with van der Waals surface area (Å²) in [4.78, 5) is 4.06. The van der Waals surface area contributed by atoms with Gasteiger partial charge in [0.2, 0.25) is 0 Å². The van der Waals surface area contributed by atoms with E-state index in [0.717, 1.165) is 16.9 Å². The van der Waals surface area contributed by atoms with E-state index in [1.165, 1.54) is 0 Å². The van der Waals surface area contributed by atoms with Crippen LogP contribution in [-0.4, -0.2) is 12.1 Å². The molecule has 0 amide bonds. The van der Waals surface area contributed by atoms with Gasteiger partial charge in [0.25, 0.3) is 0 Å². The maximum absolute atomic E-state index is 5.91. The van der Waals surface area contributed by atoms with Crippen molar-refractivity contribution in [2.45, 2.75) is 0 Å². The first kappa shape index (κ1) is 10.8. The lowest BCUT2D eigenvalue weighted by Gasteiger charge is -2.10. The van der Waals surface area contributed by atoms with Crippen LogP contribution in [0.3, 0.4) is 0 Å². The van der Waals surface area contributed by atoms with Gasteiger partial charge in [-0.3, -0.25) is 4.98 Å². The highest BCUT2D eigenvalue weighted by Gasteiger charge is 2.08. The second-order valence-electron chi connectivity index (χ2n) is 3.31. The third kappa shape index (κ3) is 1.95. The van der Waals surface area contributed by atoms with Crippen molar-refractivity contribution in [2.75, 3.05) is 12.8 Å². The molecule has 0 radical (unpaired) electrons. The Balaban J connectivity index is 2.58. The fourth-order valence-corrected chi connectivity index (χ4v) is 1.72. The van der Waals surface area contributed by atoms with Crippen molar-refractivity contribution in [1.82, 2.24) is 4.98 Å². The molecule has 82 valence electrons. The lowest BCUT2D eigenvalue weighted by molar-refractivity contribution is 0.416. The smallest absolute Gasteiger partial charge is 0.129 e. The molecular formula is C12H11ClN2O. The molecule has 0 aliphatic carbocycles. The van der Waals surface area contributed by atoms with Gasteiger partial charge < -0.3 is 10.5 Å². The summed E-state index contributed by atoms with van der Waals surface area (Å²) in [5, 5.41) is 0.615. The van der Waals surface area contributed by atoms with Gasteiger partial charge in [-0.05, 0) is 18.2 Å². The van der Waals surface area contributed by atoms with Crippen molar-refractivity contribution in [3.05, 3.63) is 41.7 Å². The number of hydrogen-bond acceptors (Lipinski definition) is 3. The quantitative estimate of drug-likeness (QED) is 0.813. The number of aromatic nitrogens is 1. The minimum atomic E-state index is 0.610. The minimum absolute atomic E-state index is 0.610. The van der Waals surface area contributed by atoms with Crippen LogP contribution < -0.4 is 10.5 Å². The summed E-state index contributed by atoms with van der Waals surface area (Å²) in [6.07, 6.45) is 3.40. The van der Waals surface area contributed by atoms with E-state index >= 15 is 0 Å². The van der Waals surface area contributed by atoms with Gasteiger partial charge in [0.15, 0.2) is 0 Å². The molecular weight excluding hydrogens is 224 g/mol. The Morgan fingerprint density at radius 2 is 2.06 bits per heavy atom. The van der Waals surface area contributed by atoms with Gasteiger partial charge >= 0.3 is 0 Å². The standard InChI is InChI=1S/C12H11ClN2O/c1-16-12-4-5-15-7-10(12)9-3-2-8(13)6-11(9)14/h2-7H,14H2,1H3. The first-order valence-electron chi connectivity index (χ1n) is 4.76. The molecule has 0 saturated heterocycles. The first-order chi connectivity index (χ1) is 7.72. The zero-order valence-corrected chi connectivity index (χ0v) is 9.53. The molecule has 3 nitrogen and oxygen atoms in total. The van der Waals surface area contributed by atoms with Crippen molar-refractivity contribution in [3.63, 3.8) is 0 Å². The van der Waals surface area contributed by atoms with E-state index < -0.39 is 0 Å². The molecule has 0 aliphatic heterocycles. The topological polar surface area (TPSA) is 48.1 Å². The molecule has 0 spiro atoms. The molecule has 1 heterocycles. The number of hydrogen-bond donors (Lipinski definition) is 1. The molecule has 0 fully saturated rings. The van der Waals surface area contributed by atoms with Gasteiger partial charge in [0, 0.05) is 34.2 Å². The normalized spacial score (nSPS) is 10.1. The number of nitrogens with zero attached hydrogens (tertiary/aromatic N) is 1. The summed E-state index contributed by atoms with van der Waals surface area (Å²) in [5.41, 5.74) is 8.25. The molecule has 2 N–H and O–H groups in total. The SMILES string of the molecule is COc1ccncc1-c1ccc(Cl)cc1N. The second kappa shape index (κ2) is 4.41. The molecule has 1 aromatic heterocycles. The number of nitrogens with two attached hydrogens (primary N) is 1. The van der Waals surface area contributed by atoms with E-state index in [4.69, 9.17) is 22.1 Å². The van der Waals surface area contributed by atoms with Crippen LogP contribution >= 0.6 is 11.6 Å². The third-order valence-electron chi connectivity index (χ3n) is 2.30. The van der Waals surface area contributed by atoms with Crippen LogP contribution in [0.5, 0.6) is 5.75 Å². The van der Waals surface area contributed by atoms with Crippen LogP contribution in [0.1, 0.15) is 0 Å². The molecule has 0 atom stereocenters. The van der Waals surface area contributed by atoms with Gasteiger partial charge in [0.1, 0.15) is 5.75 Å². The highest BCUT2D eigenvalue weighted by atomic mass is 35.5. The highest BCUT2D eigenvalue weighted by molar-refractivity contribution is 6.31. The summed E-state index contributed by atoms with van der Waals surface area (Å²) in [6.45, 7) is 0. The van der Waals surface area contributed by atoms with E-state index in [9.17, 15) is 0 Å². The summed E-state index contributed by atoms with van der Waals surface area (Å²) >= 11 is 5.85. The average Bonchev–Trinajstić information content (AvgIpc) is 2.29. The van der Waals surface area contributed by atoms with E-state index in [0.29, 0.717) is 10.7 Å². The Morgan fingerprint density at radius 3 is 2.75 bits per heavy atom. The fraction of sp³-hybridized carbons (Fsp3) is 0.0833. The van der Waals surface area contributed by atoms with E-state index in [2.05, 4.69) is 4.98 Å². The number of ether oxygens (including phenoxy) is 1. The van der Waals surface area contributed by atoms with Gasteiger partial charge in [0.05, 0.1) is 7.11 Å². The molecule has 0 unspecified atom stereocenters. The molecule has 2 aromatic rings. The number of halogens is 1. The van der Waals surface area contributed by atoms with E-state index in [-0.39, 0.29) is 0 Å². The summed E-state index contributed by atoms with van der Waals surface area (Å²) < 4.78 is 5.26. The minimum Gasteiger partial charge on any atom is -0.496 e. The Kier molecular flexibility index (Phi) is 2.97. The first-order valence-corrected chi connectivity index (χ1v) is 5.13. The number of nitrogen functional groups attached to an aromatic ring is 1. The Morgan fingerprint density at radius 1 is 1.25 bits per heavy atom.